The van der Waals surface area contributed by atoms with Gasteiger partial charge in [-0.3, -0.25) is 14.4 Å². The minimum absolute atomic E-state index is 0.0809. The number of anilines is 2. The lowest BCUT2D eigenvalue weighted by molar-refractivity contribution is -0.147. The van der Waals surface area contributed by atoms with Crippen molar-refractivity contribution in [3.8, 4) is 0 Å². The van der Waals surface area contributed by atoms with Gasteiger partial charge in [0.05, 0.1) is 12.0 Å². The molecule has 0 aliphatic carbocycles. The summed E-state index contributed by atoms with van der Waals surface area (Å²) in [5.41, 5.74) is -0.999. The van der Waals surface area contributed by atoms with E-state index in [2.05, 4.69) is 20.8 Å². The molecule has 0 saturated heterocycles. The molecule has 12 heteroatoms. The molecule has 8 nitrogen and oxygen atoms in total. The van der Waals surface area contributed by atoms with Crippen LogP contribution in [0, 0.1) is 6.92 Å². The van der Waals surface area contributed by atoms with Crippen molar-refractivity contribution in [2.24, 2.45) is 0 Å². The Balaban J connectivity index is 1.72. The van der Waals surface area contributed by atoms with Crippen LogP contribution in [-0.4, -0.2) is 34.6 Å². The van der Waals surface area contributed by atoms with E-state index < -0.39 is 36.1 Å². The van der Waals surface area contributed by atoms with Gasteiger partial charge in [0, 0.05) is 12.1 Å². The molecule has 0 atom stereocenters. The number of amides is 2. The summed E-state index contributed by atoms with van der Waals surface area (Å²) in [5.74, 6) is -2.08. The average molecular weight is 416 g/mol. The Hall–Kier alpha value is -3.02. The minimum atomic E-state index is -4.54. The highest BCUT2D eigenvalue weighted by Crippen LogP contribution is 2.30. The molecular weight excluding hydrogens is 401 g/mol. The van der Waals surface area contributed by atoms with Gasteiger partial charge < -0.3 is 15.4 Å². The lowest BCUT2D eigenvalue weighted by atomic mass is 10.2. The molecule has 1 aromatic heterocycles. The van der Waals surface area contributed by atoms with E-state index in [9.17, 15) is 27.6 Å². The number of aromatic nitrogens is 2. The number of ether oxygens (including phenoxy) is 1. The van der Waals surface area contributed by atoms with Gasteiger partial charge in [0.15, 0.2) is 6.61 Å². The van der Waals surface area contributed by atoms with Crippen molar-refractivity contribution in [2.45, 2.75) is 25.9 Å². The van der Waals surface area contributed by atoms with Crippen LogP contribution in [0.15, 0.2) is 24.3 Å². The molecule has 150 valence electrons. The molecule has 0 aliphatic rings. The van der Waals surface area contributed by atoms with Gasteiger partial charge in [0.1, 0.15) is 5.01 Å². The monoisotopic (exact) mass is 416 g/mol. The first-order chi connectivity index (χ1) is 13.1. The SMILES string of the molecule is Cc1nnc(NC(=O)CCC(=O)OCC(=O)Nc2cccc(C(F)(F)F)c2)s1. The molecule has 2 N–H and O–H groups in total. The van der Waals surface area contributed by atoms with E-state index in [4.69, 9.17) is 4.74 Å². The van der Waals surface area contributed by atoms with E-state index >= 15 is 0 Å². The number of nitrogens with zero attached hydrogens (tertiary/aromatic N) is 2. The molecule has 2 amide bonds. The third-order valence-corrected chi connectivity index (χ3v) is 3.92. The van der Waals surface area contributed by atoms with Crippen LogP contribution >= 0.6 is 11.3 Å². The lowest BCUT2D eigenvalue weighted by Crippen LogP contribution is -2.22. The second-order valence-electron chi connectivity index (χ2n) is 5.46. The summed E-state index contributed by atoms with van der Waals surface area (Å²) in [6.45, 7) is 1.03. The molecule has 0 unspecified atom stereocenters. The predicted octanol–water partition coefficient (Wildman–Crippen LogP) is 2.77. The Morgan fingerprint density at radius 1 is 1.11 bits per heavy atom. The fourth-order valence-electron chi connectivity index (χ4n) is 1.93. The van der Waals surface area contributed by atoms with Crippen molar-refractivity contribution >= 4 is 39.9 Å². The van der Waals surface area contributed by atoms with E-state index in [1.54, 1.807) is 6.92 Å². The van der Waals surface area contributed by atoms with E-state index in [1.807, 2.05) is 0 Å². The van der Waals surface area contributed by atoms with Crippen LogP contribution < -0.4 is 10.6 Å². The zero-order valence-corrected chi connectivity index (χ0v) is 15.3. The average Bonchev–Trinajstić information content (AvgIpc) is 3.02. The third kappa shape index (κ3) is 6.95. The van der Waals surface area contributed by atoms with Crippen molar-refractivity contribution in [1.82, 2.24) is 10.2 Å². The number of nitrogens with one attached hydrogen (secondary N) is 2. The Labute approximate surface area is 161 Å². The first-order valence-corrected chi connectivity index (χ1v) is 8.68. The second-order valence-corrected chi connectivity index (χ2v) is 6.64. The number of hydrogen-bond acceptors (Lipinski definition) is 7. The molecule has 1 aromatic carbocycles. The summed E-state index contributed by atoms with van der Waals surface area (Å²) in [4.78, 5) is 35.0. The Morgan fingerprint density at radius 2 is 1.86 bits per heavy atom. The number of carbonyl (C=O) groups excluding carboxylic acids is 3. The van der Waals surface area contributed by atoms with Gasteiger partial charge in [-0.05, 0) is 25.1 Å². The summed E-state index contributed by atoms with van der Waals surface area (Å²) in [6.07, 6.45) is -5.01. The number of esters is 1. The van der Waals surface area contributed by atoms with E-state index in [1.165, 1.54) is 17.4 Å². The Morgan fingerprint density at radius 3 is 2.50 bits per heavy atom. The van der Waals surface area contributed by atoms with Gasteiger partial charge in [-0.2, -0.15) is 13.2 Å². The molecule has 2 rings (SSSR count). The number of alkyl halides is 3. The second kappa shape index (κ2) is 9.26. The maximum atomic E-state index is 12.6. The van der Waals surface area contributed by atoms with Gasteiger partial charge in [0.2, 0.25) is 11.0 Å². The maximum absolute atomic E-state index is 12.6. The van der Waals surface area contributed by atoms with Gasteiger partial charge >= 0.3 is 12.1 Å². The first kappa shape index (κ1) is 21.3. The zero-order valence-electron chi connectivity index (χ0n) is 14.5. The van der Waals surface area contributed by atoms with Crippen molar-refractivity contribution in [3.63, 3.8) is 0 Å². The molecule has 0 saturated carbocycles. The van der Waals surface area contributed by atoms with E-state index in [-0.39, 0.29) is 18.5 Å². The quantitative estimate of drug-likeness (QED) is 0.672. The van der Waals surface area contributed by atoms with Gasteiger partial charge in [0.25, 0.3) is 5.91 Å². The van der Waals surface area contributed by atoms with Crippen LogP contribution in [-0.2, 0) is 25.3 Å². The highest BCUT2D eigenvalue weighted by atomic mass is 32.1. The van der Waals surface area contributed by atoms with E-state index in [0.717, 1.165) is 18.2 Å². The number of hydrogen-bond donors (Lipinski definition) is 2. The number of halogens is 3. The third-order valence-electron chi connectivity index (χ3n) is 3.17. The molecule has 0 fully saturated rings. The van der Waals surface area contributed by atoms with Gasteiger partial charge in [-0.1, -0.05) is 17.4 Å². The van der Waals surface area contributed by atoms with Gasteiger partial charge in [-0.25, -0.2) is 0 Å². The normalized spacial score (nSPS) is 11.0. The van der Waals surface area contributed by atoms with E-state index in [0.29, 0.717) is 10.1 Å². The van der Waals surface area contributed by atoms with Crippen molar-refractivity contribution < 1.29 is 32.3 Å². The van der Waals surface area contributed by atoms with Crippen LogP contribution in [0.5, 0.6) is 0 Å². The predicted molar refractivity (Wildman–Crippen MR) is 93.5 cm³/mol. The molecular formula is C16H15F3N4O4S. The smallest absolute Gasteiger partial charge is 0.416 e. The standard InChI is InChI=1S/C16H15F3N4O4S/c1-9-22-23-15(28-9)21-12(24)5-6-14(26)27-8-13(25)20-11-4-2-3-10(7-11)16(17,18)19/h2-4,7H,5-6,8H2,1H3,(H,20,25)(H,21,23,24). The minimum Gasteiger partial charge on any atom is -0.456 e. The highest BCUT2D eigenvalue weighted by Gasteiger charge is 2.30. The summed E-state index contributed by atoms with van der Waals surface area (Å²) < 4.78 is 42.6. The first-order valence-electron chi connectivity index (χ1n) is 7.86. The molecule has 1 heterocycles. The van der Waals surface area contributed by atoms with Gasteiger partial charge in [-0.15, -0.1) is 10.2 Å². The number of carbonyl (C=O) groups is 3. The number of aryl methyl sites for hydroxylation is 1. The number of benzene rings is 1. The lowest BCUT2D eigenvalue weighted by Gasteiger charge is -2.10. The van der Waals surface area contributed by atoms with Crippen LogP contribution in [0.25, 0.3) is 0 Å². The van der Waals surface area contributed by atoms with Crippen molar-refractivity contribution in [3.05, 3.63) is 34.8 Å². The van der Waals surface area contributed by atoms with Crippen molar-refractivity contribution in [1.29, 1.82) is 0 Å². The van der Waals surface area contributed by atoms with Crippen LogP contribution in [0.3, 0.4) is 0 Å². The molecule has 0 aliphatic heterocycles. The highest BCUT2D eigenvalue weighted by molar-refractivity contribution is 7.15. The van der Waals surface area contributed by atoms with Crippen LogP contribution in [0.4, 0.5) is 24.0 Å². The Kier molecular flexibility index (Phi) is 7.04. The van der Waals surface area contributed by atoms with Crippen LogP contribution in [0.2, 0.25) is 0 Å². The summed E-state index contributed by atoms with van der Waals surface area (Å²) in [5, 5.41) is 13.1. The fraction of sp³-hybridized carbons (Fsp3) is 0.312. The Bertz CT molecular complexity index is 870. The summed E-state index contributed by atoms with van der Waals surface area (Å²) in [7, 11) is 0. The maximum Gasteiger partial charge on any atom is 0.416 e. The topological polar surface area (TPSA) is 110 Å². The number of rotatable bonds is 7. The largest absolute Gasteiger partial charge is 0.456 e. The molecule has 28 heavy (non-hydrogen) atoms. The summed E-state index contributed by atoms with van der Waals surface area (Å²) >= 11 is 1.17. The fourth-order valence-corrected chi connectivity index (χ4v) is 2.54. The molecule has 2 aromatic rings. The van der Waals surface area contributed by atoms with Crippen LogP contribution in [0.1, 0.15) is 23.4 Å². The van der Waals surface area contributed by atoms with Crippen molar-refractivity contribution in [2.75, 3.05) is 17.2 Å². The summed E-state index contributed by atoms with van der Waals surface area (Å²) in [6, 6.07) is 4.04. The molecule has 0 bridgehead atoms. The molecule has 0 spiro atoms. The molecule has 0 radical (unpaired) electrons. The zero-order chi connectivity index (χ0) is 20.7.